The number of nitrogens with zero attached hydrogens (tertiary/aromatic N) is 1. The van der Waals surface area contributed by atoms with Crippen molar-refractivity contribution < 1.29 is 14.3 Å². The molecule has 2 rings (SSSR count). The van der Waals surface area contributed by atoms with Crippen molar-refractivity contribution in [1.82, 2.24) is 15.3 Å². The Bertz CT molecular complexity index is 860. The van der Waals surface area contributed by atoms with Gasteiger partial charge in [0.05, 0.1) is 17.3 Å². The lowest BCUT2D eigenvalue weighted by atomic mass is 10.0. The SMILES string of the molecule is CC(C)CCC[C@H](C)NC(=O)COC(=O)CCc1nc2ccccc2c(=O)[nH]1. The molecular weight excluding hydrogens is 358 g/mol. The zero-order valence-corrected chi connectivity index (χ0v) is 16.8. The zero-order valence-electron chi connectivity index (χ0n) is 16.8. The van der Waals surface area contributed by atoms with E-state index in [0.717, 1.165) is 19.3 Å². The lowest BCUT2D eigenvalue weighted by Crippen LogP contribution is -2.35. The predicted molar refractivity (Wildman–Crippen MR) is 108 cm³/mol. The van der Waals surface area contributed by atoms with Crippen LogP contribution in [-0.4, -0.2) is 34.5 Å². The number of nitrogens with one attached hydrogen (secondary N) is 2. The van der Waals surface area contributed by atoms with Gasteiger partial charge in [-0.2, -0.15) is 0 Å². The molecule has 0 aliphatic rings. The molecule has 1 atom stereocenters. The van der Waals surface area contributed by atoms with Gasteiger partial charge in [0.1, 0.15) is 5.82 Å². The van der Waals surface area contributed by atoms with Gasteiger partial charge in [-0.15, -0.1) is 0 Å². The largest absolute Gasteiger partial charge is 0.456 e. The first-order chi connectivity index (χ1) is 13.3. The number of H-pyrrole nitrogens is 1. The summed E-state index contributed by atoms with van der Waals surface area (Å²) in [6, 6.07) is 7.07. The van der Waals surface area contributed by atoms with Crippen molar-refractivity contribution in [2.24, 2.45) is 5.92 Å². The fraction of sp³-hybridized carbons (Fsp3) is 0.524. The van der Waals surface area contributed by atoms with Crippen LogP contribution in [0.5, 0.6) is 0 Å². The van der Waals surface area contributed by atoms with Crippen LogP contribution in [-0.2, 0) is 20.7 Å². The van der Waals surface area contributed by atoms with Crippen LogP contribution < -0.4 is 10.9 Å². The molecule has 0 unspecified atom stereocenters. The summed E-state index contributed by atoms with van der Waals surface area (Å²) in [5, 5.41) is 3.34. The number of fused-ring (bicyclic) bond motifs is 1. The maximum absolute atomic E-state index is 12.0. The van der Waals surface area contributed by atoms with E-state index in [1.54, 1.807) is 24.3 Å². The number of ether oxygens (including phenoxy) is 1. The van der Waals surface area contributed by atoms with E-state index in [1.807, 2.05) is 6.92 Å². The fourth-order valence-corrected chi connectivity index (χ4v) is 2.91. The molecule has 152 valence electrons. The van der Waals surface area contributed by atoms with E-state index in [-0.39, 0.29) is 37.0 Å². The number of aromatic amines is 1. The van der Waals surface area contributed by atoms with E-state index in [2.05, 4.69) is 29.1 Å². The van der Waals surface area contributed by atoms with Gasteiger partial charge in [-0.25, -0.2) is 4.98 Å². The van der Waals surface area contributed by atoms with Crippen molar-refractivity contribution in [3.8, 4) is 0 Å². The van der Waals surface area contributed by atoms with Crippen molar-refractivity contribution in [3.63, 3.8) is 0 Å². The highest BCUT2D eigenvalue weighted by molar-refractivity contribution is 5.81. The number of hydrogen-bond acceptors (Lipinski definition) is 5. The Morgan fingerprint density at radius 1 is 1.18 bits per heavy atom. The lowest BCUT2D eigenvalue weighted by molar-refractivity contribution is -0.148. The summed E-state index contributed by atoms with van der Waals surface area (Å²) < 4.78 is 5.02. The topological polar surface area (TPSA) is 101 Å². The molecule has 7 nitrogen and oxygen atoms in total. The van der Waals surface area contributed by atoms with Crippen LogP contribution in [0.1, 0.15) is 52.3 Å². The quantitative estimate of drug-likeness (QED) is 0.611. The van der Waals surface area contributed by atoms with Gasteiger partial charge in [-0.3, -0.25) is 14.4 Å². The number of carbonyl (C=O) groups excluding carboxylic acids is 2. The average Bonchev–Trinajstić information content (AvgIpc) is 2.64. The molecule has 0 aliphatic heterocycles. The van der Waals surface area contributed by atoms with Crippen molar-refractivity contribution in [3.05, 3.63) is 40.4 Å². The van der Waals surface area contributed by atoms with Crippen molar-refractivity contribution >= 4 is 22.8 Å². The minimum atomic E-state index is -0.501. The van der Waals surface area contributed by atoms with Gasteiger partial charge in [0.15, 0.2) is 6.61 Å². The van der Waals surface area contributed by atoms with E-state index in [1.165, 1.54) is 0 Å². The van der Waals surface area contributed by atoms with Crippen LogP contribution in [0.4, 0.5) is 0 Å². The molecule has 0 aliphatic carbocycles. The lowest BCUT2D eigenvalue weighted by Gasteiger charge is -2.14. The second-order valence-electron chi connectivity index (χ2n) is 7.48. The molecule has 7 heteroatoms. The van der Waals surface area contributed by atoms with Gasteiger partial charge in [0.2, 0.25) is 0 Å². The molecule has 0 fully saturated rings. The van der Waals surface area contributed by atoms with E-state index in [4.69, 9.17) is 4.74 Å². The molecule has 0 bridgehead atoms. The standard InChI is InChI=1S/C21H29N3O4/c1-14(2)7-6-8-15(3)22-19(25)13-28-20(26)12-11-18-23-17-10-5-4-9-16(17)21(27)24-18/h4-5,9-10,14-15H,6-8,11-13H2,1-3H3,(H,22,25)(H,23,24,27)/t15-/m0/s1. The summed E-state index contributed by atoms with van der Waals surface area (Å²) in [6.45, 7) is 5.99. The summed E-state index contributed by atoms with van der Waals surface area (Å²) in [5.41, 5.74) is 0.347. The highest BCUT2D eigenvalue weighted by atomic mass is 16.5. The van der Waals surface area contributed by atoms with Gasteiger partial charge in [0.25, 0.3) is 11.5 Å². The molecular formula is C21H29N3O4. The van der Waals surface area contributed by atoms with E-state index < -0.39 is 5.97 Å². The zero-order chi connectivity index (χ0) is 20.5. The van der Waals surface area contributed by atoms with Crippen LogP contribution in [0.3, 0.4) is 0 Å². The minimum absolute atomic E-state index is 0.0402. The van der Waals surface area contributed by atoms with Crippen LogP contribution in [0, 0.1) is 5.92 Å². The summed E-state index contributed by atoms with van der Waals surface area (Å²) >= 11 is 0. The molecule has 2 aromatic rings. The molecule has 1 amide bonds. The Labute approximate surface area is 164 Å². The van der Waals surface area contributed by atoms with Crippen molar-refractivity contribution in [2.75, 3.05) is 6.61 Å². The van der Waals surface area contributed by atoms with Crippen molar-refractivity contribution in [1.29, 1.82) is 0 Å². The highest BCUT2D eigenvalue weighted by Gasteiger charge is 2.12. The van der Waals surface area contributed by atoms with Gasteiger partial charge in [0, 0.05) is 12.5 Å². The van der Waals surface area contributed by atoms with Crippen LogP contribution in [0.25, 0.3) is 10.9 Å². The van der Waals surface area contributed by atoms with Crippen LogP contribution >= 0.6 is 0 Å². The predicted octanol–water partition coefficient (Wildman–Crippen LogP) is 2.73. The first kappa shape index (κ1) is 21.6. The van der Waals surface area contributed by atoms with E-state index in [0.29, 0.717) is 22.6 Å². The first-order valence-electron chi connectivity index (χ1n) is 9.78. The Hall–Kier alpha value is -2.70. The Kier molecular flexibility index (Phi) is 8.17. The minimum Gasteiger partial charge on any atom is -0.456 e. The monoisotopic (exact) mass is 387 g/mol. The molecule has 28 heavy (non-hydrogen) atoms. The number of esters is 1. The number of aromatic nitrogens is 2. The molecule has 2 N–H and O–H groups in total. The number of hydrogen-bond donors (Lipinski definition) is 2. The van der Waals surface area contributed by atoms with E-state index >= 15 is 0 Å². The van der Waals surface area contributed by atoms with E-state index in [9.17, 15) is 14.4 Å². The number of carbonyl (C=O) groups is 2. The van der Waals surface area contributed by atoms with Gasteiger partial charge in [-0.1, -0.05) is 38.8 Å². The molecule has 1 heterocycles. The molecule has 0 radical (unpaired) electrons. The Morgan fingerprint density at radius 3 is 2.68 bits per heavy atom. The number of aryl methyl sites for hydroxylation is 1. The van der Waals surface area contributed by atoms with Gasteiger partial charge < -0.3 is 15.0 Å². The maximum atomic E-state index is 12.0. The summed E-state index contributed by atoms with van der Waals surface area (Å²) in [5.74, 6) is 0.265. The first-order valence-corrected chi connectivity index (χ1v) is 9.78. The third-order valence-electron chi connectivity index (χ3n) is 4.42. The number of amides is 1. The molecule has 1 aromatic heterocycles. The second kappa shape index (κ2) is 10.6. The average molecular weight is 387 g/mol. The van der Waals surface area contributed by atoms with Gasteiger partial charge in [-0.05, 0) is 31.4 Å². The molecule has 0 spiro atoms. The Morgan fingerprint density at radius 2 is 1.93 bits per heavy atom. The third kappa shape index (κ3) is 7.13. The highest BCUT2D eigenvalue weighted by Crippen LogP contribution is 2.08. The van der Waals surface area contributed by atoms with Crippen LogP contribution in [0.2, 0.25) is 0 Å². The number of benzene rings is 1. The maximum Gasteiger partial charge on any atom is 0.306 e. The summed E-state index contributed by atoms with van der Waals surface area (Å²) in [7, 11) is 0. The second-order valence-corrected chi connectivity index (χ2v) is 7.48. The number of para-hydroxylation sites is 1. The molecule has 0 saturated carbocycles. The summed E-state index contributed by atoms with van der Waals surface area (Å²) in [6.07, 6.45) is 3.36. The number of rotatable bonds is 10. The third-order valence-corrected chi connectivity index (χ3v) is 4.42. The summed E-state index contributed by atoms with van der Waals surface area (Å²) in [4.78, 5) is 42.8. The normalized spacial score (nSPS) is 12.1. The Balaban J connectivity index is 1.72. The van der Waals surface area contributed by atoms with Gasteiger partial charge >= 0.3 is 5.97 Å². The fourth-order valence-electron chi connectivity index (χ4n) is 2.91. The molecule has 1 aromatic carbocycles. The van der Waals surface area contributed by atoms with Crippen LogP contribution in [0.15, 0.2) is 29.1 Å². The van der Waals surface area contributed by atoms with Crippen molar-refractivity contribution in [2.45, 2.75) is 58.9 Å². The smallest absolute Gasteiger partial charge is 0.306 e. The molecule has 0 saturated heterocycles.